The van der Waals surface area contributed by atoms with Gasteiger partial charge < -0.3 is 11.1 Å². The number of nitrogens with two attached hydrogens (primary N) is 1. The van der Waals surface area contributed by atoms with E-state index in [1.165, 1.54) is 0 Å². The lowest BCUT2D eigenvalue weighted by atomic mass is 9.87. The molecule has 0 saturated carbocycles. The summed E-state index contributed by atoms with van der Waals surface area (Å²) in [4.78, 5) is 11.8. The minimum Gasteiger partial charge on any atom is -0.319 e. The van der Waals surface area contributed by atoms with Crippen molar-refractivity contribution in [1.29, 1.82) is 0 Å². The quantitative estimate of drug-likeness (QED) is 0.751. The molecule has 0 aliphatic rings. The summed E-state index contributed by atoms with van der Waals surface area (Å²) in [6.07, 6.45) is 0. The zero-order valence-electron chi connectivity index (χ0n) is 11.2. The van der Waals surface area contributed by atoms with Crippen LogP contribution in [-0.4, -0.2) is 22.1 Å². The average Bonchev–Trinajstić information content (AvgIpc) is 2.63. The van der Waals surface area contributed by atoms with Crippen LogP contribution in [0, 0.1) is 5.41 Å². The third-order valence-corrected chi connectivity index (χ3v) is 2.69. The van der Waals surface area contributed by atoms with E-state index in [4.69, 9.17) is 5.73 Å². The number of hydrogen-bond acceptors (Lipinski definition) is 3. The highest BCUT2D eigenvalue weighted by molar-refractivity contribution is 5.94. The maximum absolute atomic E-state index is 11.8. The maximum Gasteiger partial charge on any atom is 0.243 e. The summed E-state index contributed by atoms with van der Waals surface area (Å²) in [7, 11) is 0. The molecule has 1 atom stereocenters. The van der Waals surface area contributed by atoms with Crippen molar-refractivity contribution in [3.63, 3.8) is 0 Å². The molecule has 0 aliphatic heterocycles. The van der Waals surface area contributed by atoms with Crippen LogP contribution in [0.15, 0.2) is 6.07 Å². The van der Waals surface area contributed by atoms with E-state index in [1.807, 2.05) is 26.8 Å². The molecule has 0 aliphatic carbocycles. The number of H-pyrrole nitrogens is 1. The number of aromatic nitrogens is 2. The lowest BCUT2D eigenvalue weighted by molar-refractivity contribution is -0.119. The molecule has 1 amide bonds. The molecule has 0 fully saturated rings. The molecule has 1 aromatic rings. The second-order valence-corrected chi connectivity index (χ2v) is 5.70. The number of nitrogens with zero attached hydrogens (tertiary/aromatic N) is 1. The van der Waals surface area contributed by atoms with Crippen molar-refractivity contribution in [2.45, 2.75) is 46.6 Å². The lowest BCUT2D eigenvalue weighted by Gasteiger charge is -2.25. The van der Waals surface area contributed by atoms with E-state index < -0.39 is 6.04 Å². The Bertz CT molecular complexity index is 389. The monoisotopic (exact) mass is 238 g/mol. The SMILES string of the molecule is CC(C)c1cc(NC(=O)C(N)C(C)(C)C)n[nH]1. The van der Waals surface area contributed by atoms with Crippen molar-refractivity contribution in [2.24, 2.45) is 11.1 Å². The fourth-order valence-corrected chi connectivity index (χ4v) is 1.29. The summed E-state index contributed by atoms with van der Waals surface area (Å²) in [5.74, 6) is 0.669. The highest BCUT2D eigenvalue weighted by Crippen LogP contribution is 2.19. The molecule has 0 saturated heterocycles. The molecule has 4 N–H and O–H groups in total. The predicted molar refractivity (Wildman–Crippen MR) is 68.7 cm³/mol. The minimum atomic E-state index is -0.554. The first-order chi connectivity index (χ1) is 7.71. The van der Waals surface area contributed by atoms with E-state index in [0.717, 1.165) is 5.69 Å². The molecule has 1 aromatic heterocycles. The van der Waals surface area contributed by atoms with Gasteiger partial charge in [-0.05, 0) is 11.3 Å². The second kappa shape index (κ2) is 4.87. The molecular weight excluding hydrogens is 216 g/mol. The zero-order valence-corrected chi connectivity index (χ0v) is 11.2. The van der Waals surface area contributed by atoms with Crippen LogP contribution in [0.25, 0.3) is 0 Å². The topological polar surface area (TPSA) is 83.8 Å². The second-order valence-electron chi connectivity index (χ2n) is 5.70. The summed E-state index contributed by atoms with van der Waals surface area (Å²) in [5.41, 5.74) is 6.59. The van der Waals surface area contributed by atoms with Crippen LogP contribution in [-0.2, 0) is 4.79 Å². The smallest absolute Gasteiger partial charge is 0.243 e. The summed E-state index contributed by atoms with van der Waals surface area (Å²) in [6, 6.07) is 1.28. The molecule has 1 unspecified atom stereocenters. The minimum absolute atomic E-state index is 0.209. The van der Waals surface area contributed by atoms with Gasteiger partial charge in [0, 0.05) is 11.8 Å². The largest absolute Gasteiger partial charge is 0.319 e. The standard InChI is InChI=1S/C12H22N4O/c1-7(2)8-6-9(16-15-8)14-11(17)10(13)12(3,4)5/h6-7,10H,13H2,1-5H3,(H2,14,15,16,17). The van der Waals surface area contributed by atoms with E-state index in [2.05, 4.69) is 29.4 Å². The van der Waals surface area contributed by atoms with Gasteiger partial charge in [-0.2, -0.15) is 5.10 Å². The number of anilines is 1. The number of aromatic amines is 1. The Labute approximate surface area is 102 Å². The number of carbonyl (C=O) groups excluding carboxylic acids is 1. The number of nitrogens with one attached hydrogen (secondary N) is 2. The molecule has 1 heterocycles. The molecule has 0 aromatic carbocycles. The molecule has 0 bridgehead atoms. The van der Waals surface area contributed by atoms with E-state index in [1.54, 1.807) is 0 Å². The van der Waals surface area contributed by atoms with Crippen molar-refractivity contribution < 1.29 is 4.79 Å². The van der Waals surface area contributed by atoms with Gasteiger partial charge in [-0.1, -0.05) is 34.6 Å². The number of carbonyl (C=O) groups is 1. The predicted octanol–water partition coefficient (Wildman–Crippen LogP) is 1.84. The molecule has 0 spiro atoms. The van der Waals surface area contributed by atoms with Crippen molar-refractivity contribution >= 4 is 11.7 Å². The summed E-state index contributed by atoms with van der Waals surface area (Å²) in [6.45, 7) is 9.91. The Morgan fingerprint density at radius 3 is 2.47 bits per heavy atom. The molecule has 1 rings (SSSR count). The van der Waals surface area contributed by atoms with Crippen LogP contribution >= 0.6 is 0 Å². The van der Waals surface area contributed by atoms with Gasteiger partial charge in [-0.15, -0.1) is 0 Å². The van der Waals surface area contributed by atoms with Crippen LogP contribution in [0.4, 0.5) is 5.82 Å². The van der Waals surface area contributed by atoms with E-state index >= 15 is 0 Å². The zero-order chi connectivity index (χ0) is 13.2. The maximum atomic E-state index is 11.8. The first-order valence-electron chi connectivity index (χ1n) is 5.83. The van der Waals surface area contributed by atoms with Gasteiger partial charge in [-0.25, -0.2) is 0 Å². The van der Waals surface area contributed by atoms with Crippen LogP contribution in [0.3, 0.4) is 0 Å². The lowest BCUT2D eigenvalue weighted by Crippen LogP contribution is -2.45. The van der Waals surface area contributed by atoms with Crippen LogP contribution in [0.5, 0.6) is 0 Å². The highest BCUT2D eigenvalue weighted by Gasteiger charge is 2.27. The van der Waals surface area contributed by atoms with Gasteiger partial charge in [0.15, 0.2) is 5.82 Å². The first kappa shape index (κ1) is 13.7. The molecule has 17 heavy (non-hydrogen) atoms. The van der Waals surface area contributed by atoms with E-state index in [0.29, 0.717) is 11.7 Å². The molecular formula is C12H22N4O. The van der Waals surface area contributed by atoms with Crippen LogP contribution in [0.2, 0.25) is 0 Å². The third kappa shape index (κ3) is 3.56. The Hall–Kier alpha value is -1.36. The molecule has 5 nitrogen and oxygen atoms in total. The average molecular weight is 238 g/mol. The molecule has 96 valence electrons. The van der Waals surface area contributed by atoms with Crippen molar-refractivity contribution in [2.75, 3.05) is 5.32 Å². The van der Waals surface area contributed by atoms with Crippen LogP contribution in [0.1, 0.15) is 46.2 Å². The number of hydrogen-bond donors (Lipinski definition) is 3. The van der Waals surface area contributed by atoms with Gasteiger partial charge in [0.05, 0.1) is 6.04 Å². The van der Waals surface area contributed by atoms with Crippen molar-refractivity contribution in [3.8, 4) is 0 Å². The summed E-state index contributed by atoms with van der Waals surface area (Å²) < 4.78 is 0. The summed E-state index contributed by atoms with van der Waals surface area (Å²) in [5, 5.41) is 9.63. The molecule has 5 heteroatoms. The van der Waals surface area contributed by atoms with Gasteiger partial charge in [-0.3, -0.25) is 9.89 Å². The van der Waals surface area contributed by atoms with Gasteiger partial charge in [0.25, 0.3) is 0 Å². The Morgan fingerprint density at radius 2 is 2.06 bits per heavy atom. The van der Waals surface area contributed by atoms with Gasteiger partial charge in [0.2, 0.25) is 5.91 Å². The Kier molecular flexibility index (Phi) is 3.93. The fourth-order valence-electron chi connectivity index (χ4n) is 1.29. The highest BCUT2D eigenvalue weighted by atomic mass is 16.2. The normalized spacial score (nSPS) is 13.8. The Morgan fingerprint density at radius 1 is 1.47 bits per heavy atom. The van der Waals surface area contributed by atoms with Gasteiger partial charge in [0.1, 0.15) is 0 Å². The Balaban J connectivity index is 2.68. The number of rotatable bonds is 3. The molecule has 0 radical (unpaired) electrons. The van der Waals surface area contributed by atoms with E-state index in [9.17, 15) is 4.79 Å². The van der Waals surface area contributed by atoms with Crippen molar-refractivity contribution in [3.05, 3.63) is 11.8 Å². The first-order valence-corrected chi connectivity index (χ1v) is 5.83. The van der Waals surface area contributed by atoms with E-state index in [-0.39, 0.29) is 11.3 Å². The van der Waals surface area contributed by atoms with Gasteiger partial charge >= 0.3 is 0 Å². The van der Waals surface area contributed by atoms with Crippen molar-refractivity contribution in [1.82, 2.24) is 10.2 Å². The van der Waals surface area contributed by atoms with Crippen LogP contribution < -0.4 is 11.1 Å². The number of amides is 1. The third-order valence-electron chi connectivity index (χ3n) is 2.69. The summed E-state index contributed by atoms with van der Waals surface area (Å²) >= 11 is 0. The fraction of sp³-hybridized carbons (Fsp3) is 0.667.